The molecule has 27 heavy (non-hydrogen) atoms. The third-order valence-electron chi connectivity index (χ3n) is 4.94. The van der Waals surface area contributed by atoms with E-state index in [0.717, 1.165) is 42.7 Å². The molecule has 0 aliphatic carbocycles. The van der Waals surface area contributed by atoms with Gasteiger partial charge in [0.25, 0.3) is 0 Å². The molecular weight excluding hydrogens is 344 g/mol. The molecule has 2 aromatic heterocycles. The lowest BCUT2D eigenvalue weighted by atomic mass is 9.97. The van der Waals surface area contributed by atoms with Gasteiger partial charge in [-0.25, -0.2) is 15.0 Å². The smallest absolute Gasteiger partial charge is 0.224 e. The molecular formula is C19H22N6O2. The third kappa shape index (κ3) is 3.84. The van der Waals surface area contributed by atoms with Crippen LogP contribution in [0.3, 0.4) is 0 Å². The van der Waals surface area contributed by atoms with Crippen molar-refractivity contribution in [3.63, 3.8) is 0 Å². The molecule has 0 radical (unpaired) electrons. The van der Waals surface area contributed by atoms with Gasteiger partial charge in [-0.2, -0.15) is 0 Å². The molecule has 3 heterocycles. The first-order valence-corrected chi connectivity index (χ1v) is 9.15. The number of hydrogen-bond donors (Lipinski definition) is 3. The molecule has 1 aromatic carbocycles. The fraction of sp³-hybridized carbons (Fsp3) is 0.368. The first kappa shape index (κ1) is 17.3. The highest BCUT2D eigenvalue weighted by Gasteiger charge is 2.27. The number of H-pyrrole nitrogens is 1. The second kappa shape index (κ2) is 7.61. The number of imidazole rings is 1. The van der Waals surface area contributed by atoms with E-state index < -0.39 is 0 Å². The van der Waals surface area contributed by atoms with E-state index in [-0.39, 0.29) is 17.6 Å². The van der Waals surface area contributed by atoms with Crippen LogP contribution in [0.5, 0.6) is 5.75 Å². The summed E-state index contributed by atoms with van der Waals surface area (Å²) in [5.41, 5.74) is 2.53. The van der Waals surface area contributed by atoms with Gasteiger partial charge in [-0.1, -0.05) is 12.1 Å². The number of phenols is 1. The highest BCUT2D eigenvalue weighted by Crippen LogP contribution is 2.25. The number of benzene rings is 1. The van der Waals surface area contributed by atoms with Gasteiger partial charge in [0.1, 0.15) is 17.6 Å². The van der Waals surface area contributed by atoms with E-state index in [1.165, 1.54) is 6.33 Å². The molecule has 3 N–H and O–H groups in total. The van der Waals surface area contributed by atoms with Crippen molar-refractivity contribution >= 4 is 22.9 Å². The summed E-state index contributed by atoms with van der Waals surface area (Å²) in [6, 6.07) is 7.06. The Kier molecular flexibility index (Phi) is 4.86. The lowest BCUT2D eigenvalue weighted by molar-refractivity contribution is -0.125. The van der Waals surface area contributed by atoms with E-state index in [1.54, 1.807) is 18.5 Å². The summed E-state index contributed by atoms with van der Waals surface area (Å²) in [5, 5.41) is 12.4. The molecule has 0 spiro atoms. The molecule has 1 saturated heterocycles. The van der Waals surface area contributed by atoms with Crippen LogP contribution < -0.4 is 10.2 Å². The van der Waals surface area contributed by atoms with E-state index >= 15 is 0 Å². The van der Waals surface area contributed by atoms with Crippen LogP contribution in [0.1, 0.15) is 18.4 Å². The Morgan fingerprint density at radius 3 is 2.96 bits per heavy atom. The number of nitrogens with one attached hydrogen (secondary N) is 2. The summed E-state index contributed by atoms with van der Waals surface area (Å²) in [7, 11) is 0. The van der Waals surface area contributed by atoms with Crippen molar-refractivity contribution in [2.24, 2.45) is 5.92 Å². The predicted octanol–water partition coefficient (Wildman–Crippen LogP) is 1.63. The Morgan fingerprint density at radius 1 is 1.26 bits per heavy atom. The fourth-order valence-corrected chi connectivity index (χ4v) is 3.51. The Balaban J connectivity index is 1.35. The number of aromatic amines is 1. The Bertz CT molecular complexity index is 923. The number of aromatic nitrogens is 4. The molecule has 8 heteroatoms. The number of hydrogen-bond acceptors (Lipinski definition) is 6. The van der Waals surface area contributed by atoms with Crippen molar-refractivity contribution in [3.05, 3.63) is 42.5 Å². The second-order valence-corrected chi connectivity index (χ2v) is 6.79. The largest absolute Gasteiger partial charge is 0.508 e. The zero-order valence-electron chi connectivity index (χ0n) is 14.9. The van der Waals surface area contributed by atoms with Crippen molar-refractivity contribution in [3.8, 4) is 5.75 Å². The molecule has 8 nitrogen and oxygen atoms in total. The minimum absolute atomic E-state index is 0.0634. The van der Waals surface area contributed by atoms with Crippen molar-refractivity contribution in [2.45, 2.75) is 19.3 Å². The zero-order valence-corrected chi connectivity index (χ0v) is 14.9. The topological polar surface area (TPSA) is 107 Å². The Hall–Kier alpha value is -3.16. The molecule has 1 fully saturated rings. The number of carbonyl (C=O) groups excluding carboxylic acids is 1. The van der Waals surface area contributed by atoms with Gasteiger partial charge >= 0.3 is 0 Å². The summed E-state index contributed by atoms with van der Waals surface area (Å²) in [4.78, 5) is 30.5. The van der Waals surface area contributed by atoms with E-state index in [1.807, 2.05) is 12.1 Å². The van der Waals surface area contributed by atoms with Crippen LogP contribution in [0.2, 0.25) is 0 Å². The van der Waals surface area contributed by atoms with Crippen LogP contribution in [-0.2, 0) is 11.2 Å². The number of phenolic OH excluding ortho intramolecular Hbond substituents is 1. The Morgan fingerprint density at radius 2 is 2.11 bits per heavy atom. The van der Waals surface area contributed by atoms with Crippen molar-refractivity contribution in [2.75, 3.05) is 24.5 Å². The van der Waals surface area contributed by atoms with Crippen LogP contribution in [0.15, 0.2) is 36.9 Å². The molecule has 0 saturated carbocycles. The second-order valence-electron chi connectivity index (χ2n) is 6.79. The summed E-state index contributed by atoms with van der Waals surface area (Å²) in [5.74, 6) is 1.07. The molecule has 1 atom stereocenters. The quantitative estimate of drug-likeness (QED) is 0.634. The van der Waals surface area contributed by atoms with Crippen LogP contribution in [0.4, 0.5) is 5.82 Å². The monoisotopic (exact) mass is 366 g/mol. The number of aromatic hydroxyl groups is 1. The molecule has 0 unspecified atom stereocenters. The SMILES string of the molecule is O=C(NCCc1ccc(O)cc1)[C@@H]1CCCN(c2ncnc3nc[nH]c23)C1. The summed E-state index contributed by atoms with van der Waals surface area (Å²) < 4.78 is 0. The van der Waals surface area contributed by atoms with Crippen molar-refractivity contribution < 1.29 is 9.90 Å². The van der Waals surface area contributed by atoms with Gasteiger partial charge in [0.2, 0.25) is 5.91 Å². The first-order chi connectivity index (χ1) is 13.2. The highest BCUT2D eigenvalue weighted by molar-refractivity contribution is 5.84. The van der Waals surface area contributed by atoms with Gasteiger partial charge in [0.05, 0.1) is 12.2 Å². The van der Waals surface area contributed by atoms with Gasteiger partial charge < -0.3 is 20.3 Å². The van der Waals surface area contributed by atoms with Crippen molar-refractivity contribution in [1.82, 2.24) is 25.3 Å². The first-order valence-electron chi connectivity index (χ1n) is 9.15. The standard InChI is InChI=1S/C19H22N6O2/c26-15-5-3-13(4-6-15)7-8-20-19(27)14-2-1-9-25(10-14)18-16-17(22-11-21-16)23-12-24-18/h3-6,11-12,14,26H,1-2,7-10H2,(H,20,27)(H,21,22,23,24)/t14-/m1/s1. The van der Waals surface area contributed by atoms with Gasteiger partial charge in [0, 0.05) is 19.6 Å². The van der Waals surface area contributed by atoms with Crippen molar-refractivity contribution in [1.29, 1.82) is 0 Å². The molecule has 0 bridgehead atoms. The maximum atomic E-state index is 12.6. The molecule has 4 rings (SSSR count). The molecule has 140 valence electrons. The summed E-state index contributed by atoms with van der Waals surface area (Å²) in [6.45, 7) is 2.08. The molecule has 3 aromatic rings. The van der Waals surface area contributed by atoms with Gasteiger partial charge in [-0.05, 0) is 37.0 Å². The lowest BCUT2D eigenvalue weighted by Gasteiger charge is -2.32. The van der Waals surface area contributed by atoms with Crippen LogP contribution in [0.25, 0.3) is 11.2 Å². The number of amides is 1. The van der Waals surface area contributed by atoms with E-state index in [9.17, 15) is 9.90 Å². The molecule has 1 aliphatic rings. The van der Waals surface area contributed by atoms with Gasteiger partial charge in [-0.15, -0.1) is 0 Å². The highest BCUT2D eigenvalue weighted by atomic mass is 16.3. The minimum Gasteiger partial charge on any atom is -0.508 e. The number of nitrogens with zero attached hydrogens (tertiary/aromatic N) is 4. The summed E-state index contributed by atoms with van der Waals surface area (Å²) in [6.07, 6.45) is 5.68. The van der Waals surface area contributed by atoms with E-state index in [2.05, 4.69) is 30.2 Å². The van der Waals surface area contributed by atoms with Crippen LogP contribution >= 0.6 is 0 Å². The normalized spacial score (nSPS) is 17.2. The predicted molar refractivity (Wildman–Crippen MR) is 101 cm³/mol. The number of fused-ring (bicyclic) bond motifs is 1. The lowest BCUT2D eigenvalue weighted by Crippen LogP contribution is -2.43. The maximum absolute atomic E-state index is 12.6. The average molecular weight is 366 g/mol. The van der Waals surface area contributed by atoms with E-state index in [4.69, 9.17) is 0 Å². The number of piperidine rings is 1. The third-order valence-corrected chi connectivity index (χ3v) is 4.94. The fourth-order valence-electron chi connectivity index (χ4n) is 3.51. The Labute approximate surface area is 156 Å². The zero-order chi connectivity index (χ0) is 18.6. The van der Waals surface area contributed by atoms with E-state index in [0.29, 0.717) is 18.7 Å². The van der Waals surface area contributed by atoms with Gasteiger partial charge in [0.15, 0.2) is 11.5 Å². The summed E-state index contributed by atoms with van der Waals surface area (Å²) >= 11 is 0. The van der Waals surface area contributed by atoms with Gasteiger partial charge in [-0.3, -0.25) is 4.79 Å². The minimum atomic E-state index is -0.0634. The maximum Gasteiger partial charge on any atom is 0.224 e. The molecule has 1 aliphatic heterocycles. The number of anilines is 1. The molecule has 1 amide bonds. The van der Waals surface area contributed by atoms with Crippen LogP contribution in [-0.4, -0.2) is 50.6 Å². The average Bonchev–Trinajstić information content (AvgIpc) is 3.18. The number of rotatable bonds is 5. The number of carbonyl (C=O) groups is 1. The van der Waals surface area contributed by atoms with Crippen LogP contribution in [0, 0.1) is 5.92 Å².